The Labute approximate surface area is 103 Å². The number of hydrogen-bond acceptors (Lipinski definition) is 1. The van der Waals surface area contributed by atoms with E-state index in [2.05, 4.69) is 17.5 Å². The number of halogens is 1. The molecular formula is C15H20FN. The molecule has 1 N–H and O–H groups in total. The van der Waals surface area contributed by atoms with Gasteiger partial charge in [-0.2, -0.15) is 0 Å². The lowest BCUT2D eigenvalue weighted by molar-refractivity contribution is 0.598. The van der Waals surface area contributed by atoms with Gasteiger partial charge in [0.05, 0.1) is 5.69 Å². The first-order chi connectivity index (χ1) is 8.27. The van der Waals surface area contributed by atoms with Crippen LogP contribution >= 0.6 is 0 Å². The summed E-state index contributed by atoms with van der Waals surface area (Å²) in [6, 6.07) is 5.48. The Balaban J connectivity index is 2.10. The lowest BCUT2D eigenvalue weighted by atomic mass is 10.0. The highest BCUT2D eigenvalue weighted by molar-refractivity contribution is 5.53. The van der Waals surface area contributed by atoms with Gasteiger partial charge >= 0.3 is 0 Å². The molecule has 0 heterocycles. The van der Waals surface area contributed by atoms with Crippen LogP contribution in [0.15, 0.2) is 30.4 Å². The van der Waals surface area contributed by atoms with Crippen molar-refractivity contribution < 1.29 is 4.39 Å². The number of anilines is 1. The second-order valence-electron chi connectivity index (χ2n) is 4.75. The highest BCUT2D eigenvalue weighted by Gasteiger charge is 2.11. The molecule has 1 atom stereocenters. The van der Waals surface area contributed by atoms with Gasteiger partial charge in [-0.15, -0.1) is 0 Å². The van der Waals surface area contributed by atoms with Crippen molar-refractivity contribution in [3.8, 4) is 0 Å². The molecule has 1 aliphatic rings. The van der Waals surface area contributed by atoms with Crippen molar-refractivity contribution >= 4 is 5.69 Å². The molecular weight excluding hydrogens is 213 g/mol. The smallest absolute Gasteiger partial charge is 0.146 e. The molecule has 1 aliphatic carbocycles. The van der Waals surface area contributed by atoms with Crippen molar-refractivity contribution in [2.45, 2.75) is 45.1 Å². The van der Waals surface area contributed by atoms with Crippen molar-refractivity contribution in [3.05, 3.63) is 41.7 Å². The SMILES string of the molecule is Cc1cccc(F)c1NC1/C=C/CCCCC1. The lowest BCUT2D eigenvalue weighted by Gasteiger charge is -2.20. The van der Waals surface area contributed by atoms with Crippen LogP contribution in [0.4, 0.5) is 10.1 Å². The normalized spacial score (nSPS) is 22.6. The van der Waals surface area contributed by atoms with Gasteiger partial charge in [-0.25, -0.2) is 4.39 Å². The van der Waals surface area contributed by atoms with Crippen LogP contribution in [0, 0.1) is 12.7 Å². The molecule has 1 aromatic rings. The van der Waals surface area contributed by atoms with Crippen molar-refractivity contribution in [2.24, 2.45) is 0 Å². The first-order valence-corrected chi connectivity index (χ1v) is 6.45. The van der Waals surface area contributed by atoms with Gasteiger partial charge in [0.1, 0.15) is 5.82 Å². The van der Waals surface area contributed by atoms with Gasteiger partial charge in [0, 0.05) is 6.04 Å². The largest absolute Gasteiger partial charge is 0.376 e. The Morgan fingerprint density at radius 3 is 2.94 bits per heavy atom. The lowest BCUT2D eigenvalue weighted by Crippen LogP contribution is -2.19. The Morgan fingerprint density at radius 2 is 2.12 bits per heavy atom. The van der Waals surface area contributed by atoms with Gasteiger partial charge in [-0.3, -0.25) is 0 Å². The average Bonchev–Trinajstić information content (AvgIpc) is 2.26. The number of rotatable bonds is 2. The van der Waals surface area contributed by atoms with Gasteiger partial charge in [0.25, 0.3) is 0 Å². The third kappa shape index (κ3) is 3.32. The maximum Gasteiger partial charge on any atom is 0.146 e. The molecule has 0 saturated carbocycles. The molecule has 92 valence electrons. The standard InChI is InChI=1S/C15H20FN/c1-12-8-7-11-14(16)15(12)17-13-9-5-3-2-4-6-10-13/h5,7-9,11,13,17H,2-4,6,10H2,1H3/b9-5+. The fourth-order valence-corrected chi connectivity index (χ4v) is 2.28. The van der Waals surface area contributed by atoms with Crippen molar-refractivity contribution in [2.75, 3.05) is 5.32 Å². The maximum atomic E-state index is 13.7. The predicted octanol–water partition coefficient (Wildman–Crippen LogP) is 4.43. The number of para-hydroxylation sites is 1. The molecule has 0 amide bonds. The number of allylic oxidation sites excluding steroid dienone is 1. The topological polar surface area (TPSA) is 12.0 Å². The van der Waals surface area contributed by atoms with Gasteiger partial charge in [0.15, 0.2) is 0 Å². The summed E-state index contributed by atoms with van der Waals surface area (Å²) >= 11 is 0. The van der Waals surface area contributed by atoms with E-state index in [0.717, 1.165) is 18.4 Å². The molecule has 0 bridgehead atoms. The van der Waals surface area contributed by atoms with E-state index < -0.39 is 0 Å². The molecule has 2 rings (SSSR count). The molecule has 17 heavy (non-hydrogen) atoms. The van der Waals surface area contributed by atoms with E-state index >= 15 is 0 Å². The van der Waals surface area contributed by atoms with E-state index in [1.165, 1.54) is 25.3 Å². The quantitative estimate of drug-likeness (QED) is 0.745. The van der Waals surface area contributed by atoms with Crippen LogP contribution < -0.4 is 5.32 Å². The van der Waals surface area contributed by atoms with Gasteiger partial charge < -0.3 is 5.32 Å². The molecule has 0 saturated heterocycles. The molecule has 0 aromatic heterocycles. The predicted molar refractivity (Wildman–Crippen MR) is 70.8 cm³/mol. The Bertz CT molecular complexity index is 378. The summed E-state index contributed by atoms with van der Waals surface area (Å²) < 4.78 is 13.7. The van der Waals surface area contributed by atoms with Crippen LogP contribution in [-0.4, -0.2) is 6.04 Å². The summed E-state index contributed by atoms with van der Waals surface area (Å²) in [5.41, 5.74) is 1.63. The minimum absolute atomic E-state index is 0.152. The van der Waals surface area contributed by atoms with Gasteiger partial charge in [0.2, 0.25) is 0 Å². The van der Waals surface area contributed by atoms with E-state index in [4.69, 9.17) is 0 Å². The maximum absolute atomic E-state index is 13.7. The molecule has 1 unspecified atom stereocenters. The molecule has 0 radical (unpaired) electrons. The zero-order valence-corrected chi connectivity index (χ0v) is 10.4. The number of aryl methyl sites for hydroxylation is 1. The third-order valence-electron chi connectivity index (χ3n) is 3.31. The first-order valence-electron chi connectivity index (χ1n) is 6.45. The van der Waals surface area contributed by atoms with Crippen LogP contribution in [0.5, 0.6) is 0 Å². The second kappa shape index (κ2) is 5.85. The van der Waals surface area contributed by atoms with Crippen LogP contribution in [-0.2, 0) is 0 Å². The summed E-state index contributed by atoms with van der Waals surface area (Å²) in [5, 5.41) is 3.32. The average molecular weight is 233 g/mol. The zero-order valence-electron chi connectivity index (χ0n) is 10.4. The minimum atomic E-state index is -0.152. The fourth-order valence-electron chi connectivity index (χ4n) is 2.28. The number of nitrogens with one attached hydrogen (secondary N) is 1. The highest BCUT2D eigenvalue weighted by Crippen LogP contribution is 2.22. The molecule has 1 nitrogen and oxygen atoms in total. The Hall–Kier alpha value is -1.31. The van der Waals surface area contributed by atoms with E-state index in [-0.39, 0.29) is 11.9 Å². The highest BCUT2D eigenvalue weighted by atomic mass is 19.1. The van der Waals surface area contributed by atoms with Crippen molar-refractivity contribution in [1.29, 1.82) is 0 Å². The molecule has 0 spiro atoms. The van der Waals surface area contributed by atoms with Gasteiger partial charge in [-0.05, 0) is 37.8 Å². The van der Waals surface area contributed by atoms with E-state index in [1.807, 2.05) is 13.0 Å². The molecule has 2 heteroatoms. The van der Waals surface area contributed by atoms with Crippen LogP contribution in [0.1, 0.15) is 37.7 Å². The molecule has 1 aromatic carbocycles. The van der Waals surface area contributed by atoms with Crippen LogP contribution in [0.3, 0.4) is 0 Å². The summed E-state index contributed by atoms with van der Waals surface area (Å²) in [7, 11) is 0. The summed E-state index contributed by atoms with van der Waals surface area (Å²) in [4.78, 5) is 0. The van der Waals surface area contributed by atoms with E-state index in [1.54, 1.807) is 6.07 Å². The zero-order chi connectivity index (χ0) is 12.1. The summed E-state index contributed by atoms with van der Waals surface area (Å²) in [6.07, 6.45) is 10.4. The van der Waals surface area contributed by atoms with Crippen LogP contribution in [0.2, 0.25) is 0 Å². The van der Waals surface area contributed by atoms with Crippen molar-refractivity contribution in [3.63, 3.8) is 0 Å². The summed E-state index contributed by atoms with van der Waals surface area (Å²) in [5.74, 6) is -0.152. The summed E-state index contributed by atoms with van der Waals surface area (Å²) in [6.45, 7) is 1.94. The second-order valence-corrected chi connectivity index (χ2v) is 4.75. The van der Waals surface area contributed by atoms with E-state index in [9.17, 15) is 4.39 Å². The van der Waals surface area contributed by atoms with E-state index in [0.29, 0.717) is 5.69 Å². The fraction of sp³-hybridized carbons (Fsp3) is 0.467. The Kier molecular flexibility index (Phi) is 4.18. The number of hydrogen-bond donors (Lipinski definition) is 1. The van der Waals surface area contributed by atoms with Crippen LogP contribution in [0.25, 0.3) is 0 Å². The van der Waals surface area contributed by atoms with Gasteiger partial charge in [-0.1, -0.05) is 37.1 Å². The monoisotopic (exact) mass is 233 g/mol. The third-order valence-corrected chi connectivity index (χ3v) is 3.31. The van der Waals surface area contributed by atoms with Crippen molar-refractivity contribution in [1.82, 2.24) is 0 Å². The minimum Gasteiger partial charge on any atom is -0.376 e. The molecule has 0 aliphatic heterocycles. The number of benzene rings is 1. The molecule has 0 fully saturated rings. The Morgan fingerprint density at radius 1 is 1.24 bits per heavy atom. The first kappa shape index (κ1) is 12.2.